The van der Waals surface area contributed by atoms with Gasteiger partial charge in [0, 0.05) is 5.69 Å². The first-order valence-corrected chi connectivity index (χ1v) is 9.31. The third kappa shape index (κ3) is 4.39. The molecule has 0 unspecified atom stereocenters. The molecule has 0 aliphatic heterocycles. The number of hydrogen-bond acceptors (Lipinski definition) is 5. The summed E-state index contributed by atoms with van der Waals surface area (Å²) >= 11 is 0. The van der Waals surface area contributed by atoms with Crippen molar-refractivity contribution in [1.29, 1.82) is 0 Å². The fraction of sp³-hybridized carbons (Fsp3) is 0.136. The monoisotopic (exact) mass is 405 g/mol. The predicted octanol–water partition coefficient (Wildman–Crippen LogP) is 2.64. The SMILES string of the molecule is O=C(Cn1[nH]c(=O)c2ccccc2c1=O)Nc1cccc(COCc2ccco2)c1. The van der Waals surface area contributed by atoms with Crippen molar-refractivity contribution < 1.29 is 13.9 Å². The van der Waals surface area contributed by atoms with Crippen LogP contribution in [0.2, 0.25) is 0 Å². The van der Waals surface area contributed by atoms with Crippen molar-refractivity contribution in [2.75, 3.05) is 5.32 Å². The van der Waals surface area contributed by atoms with Gasteiger partial charge >= 0.3 is 0 Å². The minimum Gasteiger partial charge on any atom is -0.467 e. The first-order valence-electron chi connectivity index (χ1n) is 9.31. The molecule has 0 radical (unpaired) electrons. The number of rotatable bonds is 7. The number of aromatic nitrogens is 2. The molecule has 152 valence electrons. The van der Waals surface area contributed by atoms with Crippen LogP contribution in [0, 0.1) is 0 Å². The van der Waals surface area contributed by atoms with Crippen molar-refractivity contribution in [3.63, 3.8) is 0 Å². The van der Waals surface area contributed by atoms with Crippen LogP contribution in [0.15, 0.2) is 80.9 Å². The molecular weight excluding hydrogens is 386 g/mol. The first kappa shape index (κ1) is 19.4. The van der Waals surface area contributed by atoms with E-state index in [1.54, 1.807) is 54.8 Å². The van der Waals surface area contributed by atoms with Gasteiger partial charge in [0.2, 0.25) is 5.91 Å². The van der Waals surface area contributed by atoms with Gasteiger partial charge in [-0.3, -0.25) is 19.5 Å². The number of benzene rings is 2. The second kappa shape index (κ2) is 8.62. The van der Waals surface area contributed by atoms with Crippen molar-refractivity contribution in [1.82, 2.24) is 9.78 Å². The maximum absolute atomic E-state index is 12.5. The molecule has 0 fully saturated rings. The third-order valence-corrected chi connectivity index (χ3v) is 4.49. The minimum atomic E-state index is -0.434. The topological polar surface area (TPSA) is 106 Å². The number of nitrogens with zero attached hydrogens (tertiary/aromatic N) is 1. The van der Waals surface area contributed by atoms with Gasteiger partial charge in [-0.1, -0.05) is 24.3 Å². The second-order valence-corrected chi connectivity index (χ2v) is 6.70. The third-order valence-electron chi connectivity index (χ3n) is 4.49. The van der Waals surface area contributed by atoms with Crippen molar-refractivity contribution in [2.24, 2.45) is 0 Å². The Morgan fingerprint density at radius 1 is 1.00 bits per heavy atom. The van der Waals surface area contributed by atoms with E-state index in [2.05, 4.69) is 10.4 Å². The normalized spacial score (nSPS) is 10.9. The lowest BCUT2D eigenvalue weighted by molar-refractivity contribution is -0.117. The Labute approximate surface area is 170 Å². The number of aromatic amines is 1. The second-order valence-electron chi connectivity index (χ2n) is 6.70. The Hall–Kier alpha value is -3.91. The van der Waals surface area contributed by atoms with Gasteiger partial charge in [0.25, 0.3) is 11.1 Å². The zero-order chi connectivity index (χ0) is 20.9. The van der Waals surface area contributed by atoms with Crippen LogP contribution in [0.1, 0.15) is 11.3 Å². The predicted molar refractivity (Wildman–Crippen MR) is 111 cm³/mol. The fourth-order valence-corrected chi connectivity index (χ4v) is 3.11. The van der Waals surface area contributed by atoms with Crippen molar-refractivity contribution in [3.05, 3.63) is 99.0 Å². The van der Waals surface area contributed by atoms with Crippen LogP contribution >= 0.6 is 0 Å². The number of fused-ring (bicyclic) bond motifs is 1. The van der Waals surface area contributed by atoms with Crippen molar-refractivity contribution in [3.8, 4) is 0 Å². The largest absolute Gasteiger partial charge is 0.467 e. The molecule has 2 aromatic heterocycles. The Morgan fingerprint density at radius 3 is 2.63 bits per heavy atom. The van der Waals surface area contributed by atoms with Crippen molar-refractivity contribution in [2.45, 2.75) is 19.8 Å². The molecule has 2 heterocycles. The van der Waals surface area contributed by atoms with Crippen LogP contribution < -0.4 is 16.4 Å². The Morgan fingerprint density at radius 2 is 1.83 bits per heavy atom. The highest BCUT2D eigenvalue weighted by atomic mass is 16.5. The summed E-state index contributed by atoms with van der Waals surface area (Å²) in [5.74, 6) is 0.297. The van der Waals surface area contributed by atoms with Crippen LogP contribution in [0.3, 0.4) is 0 Å². The molecule has 1 amide bonds. The molecule has 0 saturated carbocycles. The van der Waals surface area contributed by atoms with Gasteiger partial charge in [0.1, 0.15) is 18.9 Å². The van der Waals surface area contributed by atoms with Crippen LogP contribution in [-0.4, -0.2) is 15.7 Å². The van der Waals surface area contributed by atoms with E-state index in [1.165, 1.54) is 0 Å². The van der Waals surface area contributed by atoms with Crippen LogP contribution in [0.4, 0.5) is 5.69 Å². The van der Waals surface area contributed by atoms with E-state index < -0.39 is 17.0 Å². The Bertz CT molecular complexity index is 1290. The van der Waals surface area contributed by atoms with Gasteiger partial charge in [-0.15, -0.1) is 0 Å². The number of anilines is 1. The summed E-state index contributed by atoms with van der Waals surface area (Å²) < 4.78 is 11.8. The van der Waals surface area contributed by atoms with Gasteiger partial charge in [-0.2, -0.15) is 0 Å². The molecule has 2 N–H and O–H groups in total. The smallest absolute Gasteiger partial charge is 0.273 e. The zero-order valence-electron chi connectivity index (χ0n) is 16.0. The van der Waals surface area contributed by atoms with Crippen LogP contribution in [-0.2, 0) is 29.3 Å². The first-order chi connectivity index (χ1) is 14.6. The number of nitrogens with one attached hydrogen (secondary N) is 2. The molecule has 0 aliphatic rings. The highest BCUT2D eigenvalue weighted by Gasteiger charge is 2.10. The number of ether oxygens (including phenoxy) is 1. The highest BCUT2D eigenvalue weighted by molar-refractivity contribution is 5.90. The molecule has 2 aromatic carbocycles. The molecule has 30 heavy (non-hydrogen) atoms. The lowest BCUT2D eigenvalue weighted by Crippen LogP contribution is -2.34. The van der Waals surface area contributed by atoms with E-state index in [4.69, 9.17) is 9.15 Å². The number of furan rings is 1. The van der Waals surface area contributed by atoms with Crippen LogP contribution in [0.25, 0.3) is 10.8 Å². The Kier molecular flexibility index (Phi) is 5.58. The summed E-state index contributed by atoms with van der Waals surface area (Å²) in [7, 11) is 0. The fourth-order valence-electron chi connectivity index (χ4n) is 3.11. The number of H-pyrrole nitrogens is 1. The molecule has 8 heteroatoms. The minimum absolute atomic E-state index is 0.268. The summed E-state index contributed by atoms with van der Waals surface area (Å²) in [4.78, 5) is 37.1. The molecule has 4 aromatic rings. The summed E-state index contributed by atoms with van der Waals surface area (Å²) in [6.07, 6.45) is 1.59. The van der Waals surface area contributed by atoms with Gasteiger partial charge in [0.15, 0.2) is 0 Å². The van der Waals surface area contributed by atoms with Gasteiger partial charge < -0.3 is 14.5 Å². The average molecular weight is 405 g/mol. The average Bonchev–Trinajstić information content (AvgIpc) is 3.26. The molecule has 0 spiro atoms. The molecule has 0 atom stereocenters. The van der Waals surface area contributed by atoms with E-state index >= 15 is 0 Å². The summed E-state index contributed by atoms with van der Waals surface area (Å²) in [6.45, 7) is 0.391. The molecule has 0 bridgehead atoms. The number of carbonyl (C=O) groups is 1. The molecular formula is C22H19N3O5. The quantitative estimate of drug-likeness (QED) is 0.492. The molecule has 4 rings (SSSR count). The highest BCUT2D eigenvalue weighted by Crippen LogP contribution is 2.13. The number of amides is 1. The van der Waals surface area contributed by atoms with Gasteiger partial charge in [-0.25, -0.2) is 4.68 Å². The molecule has 0 aliphatic carbocycles. The maximum atomic E-state index is 12.5. The van der Waals surface area contributed by atoms with Crippen molar-refractivity contribution >= 4 is 22.4 Å². The van der Waals surface area contributed by atoms with Gasteiger partial charge in [0.05, 0.1) is 23.6 Å². The maximum Gasteiger partial charge on any atom is 0.273 e. The van der Waals surface area contributed by atoms with E-state index in [0.717, 1.165) is 16.0 Å². The summed E-state index contributed by atoms with van der Waals surface area (Å²) in [6, 6.07) is 17.3. The lowest BCUT2D eigenvalue weighted by atomic mass is 10.2. The van der Waals surface area contributed by atoms with Gasteiger partial charge in [-0.05, 0) is 42.0 Å². The van der Waals surface area contributed by atoms with E-state index in [-0.39, 0.29) is 11.9 Å². The molecule has 0 saturated heterocycles. The van der Waals surface area contributed by atoms with E-state index in [0.29, 0.717) is 24.3 Å². The Balaban J connectivity index is 1.42. The number of hydrogen-bond donors (Lipinski definition) is 2. The summed E-state index contributed by atoms with van der Waals surface area (Å²) in [5.41, 5.74) is 0.583. The lowest BCUT2D eigenvalue weighted by Gasteiger charge is -2.10. The van der Waals surface area contributed by atoms with E-state index in [1.807, 2.05) is 12.1 Å². The standard InChI is InChI=1S/C22H19N3O5/c26-20(12-25-22(28)19-9-2-1-8-18(19)21(27)24-25)23-16-6-3-5-15(11-16)13-29-14-17-7-4-10-30-17/h1-11H,12-14H2,(H,23,26)(H,24,27). The molecule has 8 nitrogen and oxygen atoms in total. The van der Waals surface area contributed by atoms with E-state index in [9.17, 15) is 14.4 Å². The number of carbonyl (C=O) groups excluding carboxylic acids is 1. The summed E-state index contributed by atoms with van der Waals surface area (Å²) in [5, 5.41) is 5.74. The van der Waals surface area contributed by atoms with Crippen LogP contribution in [0.5, 0.6) is 0 Å². The zero-order valence-corrected chi connectivity index (χ0v) is 16.0.